The number of halogens is 1. The molecule has 1 aliphatic rings. The summed E-state index contributed by atoms with van der Waals surface area (Å²) in [6.07, 6.45) is 0. The SMILES string of the molecule is CCOC(=O)C1=C(CSc2nnc(COc3ccccc3Cl)n2C)NC(=O)N[C@H]1c1ccc(C)o1. The van der Waals surface area contributed by atoms with Gasteiger partial charge in [0.1, 0.15) is 29.9 Å². The number of rotatable bonds is 9. The predicted molar refractivity (Wildman–Crippen MR) is 129 cm³/mol. The van der Waals surface area contributed by atoms with Crippen LogP contribution in [0.4, 0.5) is 4.79 Å². The van der Waals surface area contributed by atoms with Crippen LogP contribution >= 0.6 is 23.4 Å². The van der Waals surface area contributed by atoms with Crippen LogP contribution in [0, 0.1) is 6.92 Å². The summed E-state index contributed by atoms with van der Waals surface area (Å²) < 4.78 is 18.5. The molecule has 0 saturated heterocycles. The van der Waals surface area contributed by atoms with Crippen molar-refractivity contribution in [2.75, 3.05) is 12.4 Å². The molecule has 1 aliphatic heterocycles. The Morgan fingerprint density at radius 2 is 2.06 bits per heavy atom. The number of furan rings is 1. The summed E-state index contributed by atoms with van der Waals surface area (Å²) in [7, 11) is 1.81. The van der Waals surface area contributed by atoms with Crippen molar-refractivity contribution < 1.29 is 23.5 Å². The molecule has 0 bridgehead atoms. The molecule has 0 radical (unpaired) electrons. The molecular formula is C23H24ClN5O5S. The van der Waals surface area contributed by atoms with Gasteiger partial charge in [-0.2, -0.15) is 0 Å². The van der Waals surface area contributed by atoms with E-state index in [4.69, 9.17) is 25.5 Å². The maximum absolute atomic E-state index is 12.9. The zero-order chi connectivity index (χ0) is 24.9. The number of amides is 2. The lowest BCUT2D eigenvalue weighted by Gasteiger charge is -2.27. The topological polar surface area (TPSA) is 121 Å². The second kappa shape index (κ2) is 10.9. The van der Waals surface area contributed by atoms with Crippen molar-refractivity contribution in [3.05, 3.63) is 70.0 Å². The number of para-hydroxylation sites is 1. The summed E-state index contributed by atoms with van der Waals surface area (Å²) in [5.74, 6) is 1.95. The van der Waals surface area contributed by atoms with Crippen LogP contribution in [0.3, 0.4) is 0 Å². The highest BCUT2D eigenvalue weighted by molar-refractivity contribution is 7.99. The van der Waals surface area contributed by atoms with E-state index in [9.17, 15) is 9.59 Å². The second-order valence-electron chi connectivity index (χ2n) is 7.56. The Morgan fingerprint density at radius 1 is 1.26 bits per heavy atom. The third-order valence-corrected chi connectivity index (χ3v) is 6.52. The largest absolute Gasteiger partial charge is 0.484 e. The Hall–Kier alpha value is -3.44. The van der Waals surface area contributed by atoms with E-state index >= 15 is 0 Å². The minimum absolute atomic E-state index is 0.172. The molecule has 0 spiro atoms. The number of carbonyl (C=O) groups is 2. The van der Waals surface area contributed by atoms with Crippen LogP contribution in [0.5, 0.6) is 5.75 Å². The molecule has 3 aromatic rings. The van der Waals surface area contributed by atoms with Crippen LogP contribution in [0.1, 0.15) is 30.3 Å². The van der Waals surface area contributed by atoms with E-state index in [2.05, 4.69) is 20.8 Å². The molecule has 3 heterocycles. The normalized spacial score (nSPS) is 15.5. The number of aromatic nitrogens is 3. The van der Waals surface area contributed by atoms with Gasteiger partial charge in [-0.3, -0.25) is 0 Å². The molecule has 0 saturated carbocycles. The summed E-state index contributed by atoms with van der Waals surface area (Å²) in [6, 6.07) is 9.45. The highest BCUT2D eigenvalue weighted by Crippen LogP contribution is 2.31. The molecule has 12 heteroatoms. The highest BCUT2D eigenvalue weighted by Gasteiger charge is 2.35. The lowest BCUT2D eigenvalue weighted by atomic mass is 10.0. The Balaban J connectivity index is 1.54. The summed E-state index contributed by atoms with van der Waals surface area (Å²) >= 11 is 7.45. The number of hydrogen-bond acceptors (Lipinski definition) is 8. The molecule has 0 aliphatic carbocycles. The number of urea groups is 1. The van der Waals surface area contributed by atoms with Crippen LogP contribution in [0.15, 0.2) is 57.2 Å². The smallest absolute Gasteiger partial charge is 0.338 e. The van der Waals surface area contributed by atoms with Crippen LogP contribution in [0.2, 0.25) is 5.02 Å². The van der Waals surface area contributed by atoms with E-state index in [-0.39, 0.29) is 24.5 Å². The number of ether oxygens (including phenoxy) is 2. The van der Waals surface area contributed by atoms with Crippen molar-refractivity contribution in [1.82, 2.24) is 25.4 Å². The van der Waals surface area contributed by atoms with Gasteiger partial charge in [0.2, 0.25) is 0 Å². The monoisotopic (exact) mass is 517 g/mol. The molecule has 1 atom stereocenters. The Labute approximate surface area is 211 Å². The molecule has 2 N–H and O–H groups in total. The fraction of sp³-hybridized carbons (Fsp3) is 0.304. The zero-order valence-electron chi connectivity index (χ0n) is 19.3. The van der Waals surface area contributed by atoms with Gasteiger partial charge < -0.3 is 29.1 Å². The fourth-order valence-electron chi connectivity index (χ4n) is 3.44. The van der Waals surface area contributed by atoms with E-state index in [0.29, 0.717) is 39.0 Å². The first-order chi connectivity index (χ1) is 16.9. The molecule has 2 aromatic heterocycles. The van der Waals surface area contributed by atoms with Gasteiger partial charge in [-0.1, -0.05) is 35.5 Å². The molecule has 4 rings (SSSR count). The summed E-state index contributed by atoms with van der Waals surface area (Å²) in [6.45, 7) is 3.88. The lowest BCUT2D eigenvalue weighted by Crippen LogP contribution is -2.46. The summed E-state index contributed by atoms with van der Waals surface area (Å²) in [4.78, 5) is 25.3. The molecule has 35 heavy (non-hydrogen) atoms. The van der Waals surface area contributed by atoms with E-state index < -0.39 is 18.0 Å². The van der Waals surface area contributed by atoms with Crippen LogP contribution in [-0.2, 0) is 23.2 Å². The zero-order valence-corrected chi connectivity index (χ0v) is 20.9. The second-order valence-corrected chi connectivity index (χ2v) is 8.91. The Bertz CT molecular complexity index is 1270. The minimum atomic E-state index is -0.772. The van der Waals surface area contributed by atoms with Crippen LogP contribution < -0.4 is 15.4 Å². The van der Waals surface area contributed by atoms with Gasteiger partial charge in [0.15, 0.2) is 11.0 Å². The number of nitrogens with one attached hydrogen (secondary N) is 2. The van der Waals surface area contributed by atoms with Crippen molar-refractivity contribution in [2.24, 2.45) is 7.05 Å². The van der Waals surface area contributed by atoms with E-state index in [1.54, 1.807) is 42.7 Å². The molecule has 2 amide bonds. The van der Waals surface area contributed by atoms with Gasteiger partial charge in [0.05, 0.1) is 17.2 Å². The van der Waals surface area contributed by atoms with Crippen LogP contribution in [-0.4, -0.2) is 39.1 Å². The molecule has 0 fully saturated rings. The standard InChI is InChI=1S/C23H24ClN5O5S/c1-4-32-21(30)19-15(25-22(31)26-20(19)17-10-9-13(2)34-17)12-35-23-28-27-18(29(23)3)11-33-16-8-6-5-7-14(16)24/h5-10,20H,4,11-12H2,1-3H3,(H2,25,26,31)/t20-/m0/s1. The molecule has 0 unspecified atom stereocenters. The number of nitrogens with zero attached hydrogens (tertiary/aromatic N) is 3. The molecule has 10 nitrogen and oxygen atoms in total. The van der Waals surface area contributed by atoms with Gasteiger partial charge in [-0.05, 0) is 38.1 Å². The van der Waals surface area contributed by atoms with Crippen LogP contribution in [0.25, 0.3) is 0 Å². The number of esters is 1. The van der Waals surface area contributed by atoms with Gasteiger partial charge in [0, 0.05) is 18.5 Å². The fourth-order valence-corrected chi connectivity index (χ4v) is 4.53. The first-order valence-corrected chi connectivity index (χ1v) is 12.2. The number of thioether (sulfide) groups is 1. The quantitative estimate of drug-likeness (QED) is 0.324. The number of benzene rings is 1. The van der Waals surface area contributed by atoms with Crippen molar-refractivity contribution in [3.8, 4) is 5.75 Å². The first kappa shape index (κ1) is 24.7. The average molecular weight is 518 g/mol. The summed E-state index contributed by atoms with van der Waals surface area (Å²) in [5, 5.41) is 15.0. The maximum Gasteiger partial charge on any atom is 0.338 e. The van der Waals surface area contributed by atoms with Crippen molar-refractivity contribution in [1.29, 1.82) is 0 Å². The van der Waals surface area contributed by atoms with Crippen molar-refractivity contribution in [3.63, 3.8) is 0 Å². The minimum Gasteiger partial charge on any atom is -0.484 e. The number of hydrogen-bond donors (Lipinski definition) is 2. The average Bonchev–Trinajstić information content (AvgIpc) is 3.42. The lowest BCUT2D eigenvalue weighted by molar-refractivity contribution is -0.139. The van der Waals surface area contributed by atoms with E-state index in [0.717, 1.165) is 0 Å². The Kier molecular flexibility index (Phi) is 7.67. The van der Waals surface area contributed by atoms with E-state index in [1.165, 1.54) is 11.8 Å². The first-order valence-electron chi connectivity index (χ1n) is 10.8. The molecule has 1 aromatic carbocycles. The highest BCUT2D eigenvalue weighted by atomic mass is 35.5. The maximum atomic E-state index is 12.9. The number of aryl methyl sites for hydroxylation is 1. The van der Waals surface area contributed by atoms with Gasteiger partial charge in [-0.25, -0.2) is 9.59 Å². The van der Waals surface area contributed by atoms with E-state index in [1.807, 2.05) is 19.2 Å². The van der Waals surface area contributed by atoms with Gasteiger partial charge >= 0.3 is 12.0 Å². The predicted octanol–water partition coefficient (Wildman–Crippen LogP) is 3.91. The van der Waals surface area contributed by atoms with Crippen molar-refractivity contribution in [2.45, 2.75) is 31.7 Å². The molecule has 184 valence electrons. The van der Waals surface area contributed by atoms with Gasteiger partial charge in [-0.15, -0.1) is 10.2 Å². The van der Waals surface area contributed by atoms with Gasteiger partial charge in [0.25, 0.3) is 0 Å². The summed E-state index contributed by atoms with van der Waals surface area (Å²) in [5.41, 5.74) is 0.686. The third kappa shape index (κ3) is 5.63. The number of carbonyl (C=O) groups excluding carboxylic acids is 2. The van der Waals surface area contributed by atoms with Crippen molar-refractivity contribution >= 4 is 35.4 Å². The third-order valence-electron chi connectivity index (χ3n) is 5.16. The molecular weight excluding hydrogens is 494 g/mol. The Morgan fingerprint density at radius 3 is 2.77 bits per heavy atom.